The molecule has 0 atom stereocenters. The molecular weight excluding hydrogens is 302 g/mol. The Hall–Kier alpha value is -1.98. The van der Waals surface area contributed by atoms with Crippen molar-refractivity contribution < 1.29 is 18.4 Å². The molecule has 0 aromatic heterocycles. The zero-order valence-corrected chi connectivity index (χ0v) is 13.4. The SMILES string of the molecule is CC(C)NC(=O)C1CCC(C(=O)Nc2c(F)cccc2F)CC1. The Morgan fingerprint density at radius 1 is 1.00 bits per heavy atom. The smallest absolute Gasteiger partial charge is 0.227 e. The summed E-state index contributed by atoms with van der Waals surface area (Å²) in [6.45, 7) is 3.81. The molecule has 2 rings (SSSR count). The first-order valence-electron chi connectivity index (χ1n) is 7.93. The van der Waals surface area contributed by atoms with E-state index in [9.17, 15) is 18.4 Å². The van der Waals surface area contributed by atoms with Gasteiger partial charge in [-0.25, -0.2) is 8.78 Å². The molecule has 0 radical (unpaired) electrons. The van der Waals surface area contributed by atoms with Gasteiger partial charge in [0.25, 0.3) is 0 Å². The van der Waals surface area contributed by atoms with Gasteiger partial charge in [-0.05, 0) is 51.7 Å². The highest BCUT2D eigenvalue weighted by Crippen LogP contribution is 2.30. The number of carbonyl (C=O) groups is 2. The largest absolute Gasteiger partial charge is 0.354 e. The van der Waals surface area contributed by atoms with Gasteiger partial charge >= 0.3 is 0 Å². The highest BCUT2D eigenvalue weighted by Gasteiger charge is 2.30. The number of rotatable bonds is 4. The fourth-order valence-electron chi connectivity index (χ4n) is 2.86. The third kappa shape index (κ3) is 4.50. The van der Waals surface area contributed by atoms with Crippen molar-refractivity contribution in [2.24, 2.45) is 11.8 Å². The molecule has 1 fully saturated rings. The fourth-order valence-corrected chi connectivity index (χ4v) is 2.86. The molecule has 1 saturated carbocycles. The Balaban J connectivity index is 1.90. The van der Waals surface area contributed by atoms with Crippen LogP contribution in [0.3, 0.4) is 0 Å². The minimum Gasteiger partial charge on any atom is -0.354 e. The Kier molecular flexibility index (Phi) is 5.69. The Morgan fingerprint density at radius 2 is 1.48 bits per heavy atom. The van der Waals surface area contributed by atoms with E-state index in [1.807, 2.05) is 13.8 Å². The highest BCUT2D eigenvalue weighted by molar-refractivity contribution is 5.93. The molecular formula is C17H22F2N2O2. The maximum atomic E-state index is 13.6. The number of amides is 2. The predicted molar refractivity (Wildman–Crippen MR) is 83.7 cm³/mol. The maximum absolute atomic E-state index is 13.6. The number of anilines is 1. The number of halogens is 2. The summed E-state index contributed by atoms with van der Waals surface area (Å²) in [4.78, 5) is 24.1. The fraction of sp³-hybridized carbons (Fsp3) is 0.529. The number of hydrogen-bond acceptors (Lipinski definition) is 2. The van der Waals surface area contributed by atoms with Crippen molar-refractivity contribution in [1.82, 2.24) is 5.32 Å². The quantitative estimate of drug-likeness (QED) is 0.893. The third-order valence-electron chi connectivity index (χ3n) is 4.11. The summed E-state index contributed by atoms with van der Waals surface area (Å²) >= 11 is 0. The van der Waals surface area contributed by atoms with Gasteiger partial charge in [-0.1, -0.05) is 6.07 Å². The van der Waals surface area contributed by atoms with Crippen LogP contribution in [-0.2, 0) is 9.59 Å². The van der Waals surface area contributed by atoms with Crippen molar-refractivity contribution in [2.75, 3.05) is 5.32 Å². The van der Waals surface area contributed by atoms with E-state index >= 15 is 0 Å². The van der Waals surface area contributed by atoms with E-state index in [-0.39, 0.29) is 23.8 Å². The first-order valence-corrected chi connectivity index (χ1v) is 7.93. The van der Waals surface area contributed by atoms with E-state index in [0.717, 1.165) is 12.1 Å². The van der Waals surface area contributed by atoms with Crippen molar-refractivity contribution >= 4 is 17.5 Å². The van der Waals surface area contributed by atoms with E-state index in [1.165, 1.54) is 6.07 Å². The van der Waals surface area contributed by atoms with E-state index in [4.69, 9.17) is 0 Å². The molecule has 6 heteroatoms. The van der Waals surface area contributed by atoms with Crippen molar-refractivity contribution in [3.05, 3.63) is 29.8 Å². The van der Waals surface area contributed by atoms with Crippen molar-refractivity contribution in [3.63, 3.8) is 0 Å². The van der Waals surface area contributed by atoms with E-state index in [2.05, 4.69) is 10.6 Å². The Morgan fingerprint density at radius 3 is 1.96 bits per heavy atom. The van der Waals surface area contributed by atoms with Gasteiger partial charge in [0.05, 0.1) is 0 Å². The third-order valence-corrected chi connectivity index (χ3v) is 4.11. The first-order chi connectivity index (χ1) is 10.9. The lowest BCUT2D eigenvalue weighted by molar-refractivity contribution is -0.128. The second-order valence-electron chi connectivity index (χ2n) is 6.30. The van der Waals surface area contributed by atoms with Crippen LogP contribution in [0, 0.1) is 23.5 Å². The highest BCUT2D eigenvalue weighted by atomic mass is 19.1. The first kappa shape index (κ1) is 17.4. The predicted octanol–water partition coefficient (Wildman–Crippen LogP) is 3.23. The van der Waals surface area contributed by atoms with Gasteiger partial charge in [-0.15, -0.1) is 0 Å². The zero-order chi connectivity index (χ0) is 17.0. The molecule has 1 aliphatic carbocycles. The molecule has 126 valence electrons. The molecule has 0 aliphatic heterocycles. The van der Waals surface area contributed by atoms with Crippen LogP contribution < -0.4 is 10.6 Å². The molecule has 0 saturated heterocycles. The van der Waals surface area contributed by atoms with Crippen molar-refractivity contribution in [3.8, 4) is 0 Å². The maximum Gasteiger partial charge on any atom is 0.227 e. The number of para-hydroxylation sites is 1. The van der Waals surface area contributed by atoms with E-state index in [1.54, 1.807) is 0 Å². The van der Waals surface area contributed by atoms with Crippen LogP contribution in [-0.4, -0.2) is 17.9 Å². The van der Waals surface area contributed by atoms with Crippen LogP contribution in [0.25, 0.3) is 0 Å². The van der Waals surface area contributed by atoms with Gasteiger partial charge in [-0.3, -0.25) is 9.59 Å². The summed E-state index contributed by atoms with van der Waals surface area (Å²) < 4.78 is 27.1. The molecule has 4 nitrogen and oxygen atoms in total. The van der Waals surface area contributed by atoms with Gasteiger partial charge in [0.2, 0.25) is 11.8 Å². The van der Waals surface area contributed by atoms with Crippen LogP contribution in [0.5, 0.6) is 0 Å². The van der Waals surface area contributed by atoms with Gasteiger partial charge in [0.1, 0.15) is 17.3 Å². The standard InChI is InChI=1S/C17H22F2N2O2/c1-10(2)20-16(22)11-6-8-12(9-7-11)17(23)21-15-13(18)4-3-5-14(15)19/h3-5,10-12H,6-9H2,1-2H3,(H,20,22)(H,21,23). The van der Waals surface area contributed by atoms with Gasteiger partial charge in [-0.2, -0.15) is 0 Å². The average molecular weight is 324 g/mol. The van der Waals surface area contributed by atoms with Crippen LogP contribution >= 0.6 is 0 Å². The van der Waals surface area contributed by atoms with Crippen LogP contribution in [0.1, 0.15) is 39.5 Å². The second-order valence-corrected chi connectivity index (χ2v) is 6.30. The molecule has 0 bridgehead atoms. The number of benzene rings is 1. The van der Waals surface area contributed by atoms with Crippen molar-refractivity contribution in [1.29, 1.82) is 0 Å². The molecule has 2 N–H and O–H groups in total. The average Bonchev–Trinajstić information content (AvgIpc) is 2.50. The molecule has 23 heavy (non-hydrogen) atoms. The summed E-state index contributed by atoms with van der Waals surface area (Å²) in [5.74, 6) is -2.37. The van der Waals surface area contributed by atoms with Crippen molar-refractivity contribution in [2.45, 2.75) is 45.6 Å². The summed E-state index contributed by atoms with van der Waals surface area (Å²) in [6.07, 6.45) is 2.29. The van der Waals surface area contributed by atoms with Gasteiger partial charge in [0, 0.05) is 17.9 Å². The Bertz CT molecular complexity index is 562. The summed E-state index contributed by atoms with van der Waals surface area (Å²) in [5.41, 5.74) is -0.405. The summed E-state index contributed by atoms with van der Waals surface area (Å²) in [6, 6.07) is 3.55. The van der Waals surface area contributed by atoms with Gasteiger partial charge < -0.3 is 10.6 Å². The number of nitrogens with one attached hydrogen (secondary N) is 2. The van der Waals surface area contributed by atoms with E-state index < -0.39 is 23.2 Å². The molecule has 2 amide bonds. The topological polar surface area (TPSA) is 58.2 Å². The minimum absolute atomic E-state index is 0.0130. The van der Waals surface area contributed by atoms with Gasteiger partial charge in [0.15, 0.2) is 0 Å². The minimum atomic E-state index is -0.789. The molecule has 1 aromatic rings. The second kappa shape index (κ2) is 7.53. The van der Waals surface area contributed by atoms with Crippen LogP contribution in [0.4, 0.5) is 14.5 Å². The molecule has 0 spiro atoms. The zero-order valence-electron chi connectivity index (χ0n) is 13.4. The summed E-state index contributed by atoms with van der Waals surface area (Å²) in [7, 11) is 0. The number of hydrogen-bond donors (Lipinski definition) is 2. The lowest BCUT2D eigenvalue weighted by Crippen LogP contribution is -2.38. The lowest BCUT2D eigenvalue weighted by Gasteiger charge is -2.27. The number of carbonyl (C=O) groups excluding carboxylic acids is 2. The molecule has 1 aliphatic rings. The van der Waals surface area contributed by atoms with Crippen LogP contribution in [0.15, 0.2) is 18.2 Å². The lowest BCUT2D eigenvalue weighted by atomic mass is 9.81. The molecule has 0 unspecified atom stereocenters. The molecule has 1 aromatic carbocycles. The van der Waals surface area contributed by atoms with E-state index in [0.29, 0.717) is 25.7 Å². The summed E-state index contributed by atoms with van der Waals surface area (Å²) in [5, 5.41) is 5.21. The molecule has 0 heterocycles. The normalized spacial score (nSPS) is 21.1. The monoisotopic (exact) mass is 324 g/mol. The Labute approximate surface area is 134 Å². The van der Waals surface area contributed by atoms with Crippen LogP contribution in [0.2, 0.25) is 0 Å².